The van der Waals surface area contributed by atoms with Crippen LogP contribution in [0.4, 0.5) is 0 Å². The molecule has 0 aliphatic carbocycles. The number of hydrogen-bond donors (Lipinski definition) is 1. The van der Waals surface area contributed by atoms with Crippen molar-refractivity contribution in [3.05, 3.63) is 31.3 Å². The van der Waals surface area contributed by atoms with Gasteiger partial charge < -0.3 is 24.7 Å². The average molecular weight is 442 g/mol. The second kappa shape index (κ2) is 20.7. The number of rotatable bonds is 22. The Morgan fingerprint density at radius 2 is 1.19 bits per heavy atom. The first-order valence-corrected chi connectivity index (χ1v) is 9.69. The number of ketones is 1. The van der Waals surface area contributed by atoms with Gasteiger partial charge in [0, 0.05) is 59.2 Å². The molecule has 0 fully saturated rings. The first-order chi connectivity index (χ1) is 15.1. The summed E-state index contributed by atoms with van der Waals surface area (Å²) in [4.78, 5) is 20.5. The fourth-order valence-corrected chi connectivity index (χ4v) is 2.47. The van der Waals surface area contributed by atoms with Gasteiger partial charge >= 0.3 is 0 Å². The lowest BCUT2D eigenvalue weighted by atomic mass is 9.84. The third kappa shape index (κ3) is 16.8. The predicted molar refractivity (Wildman–Crippen MR) is 111 cm³/mol. The first-order valence-electron chi connectivity index (χ1n) is 9.69. The van der Waals surface area contributed by atoms with E-state index in [0.717, 1.165) is 0 Å². The number of nitrogens with two attached hydrogens (primary N) is 1. The van der Waals surface area contributed by atoms with Crippen molar-refractivity contribution in [2.75, 3.05) is 79.0 Å². The van der Waals surface area contributed by atoms with Gasteiger partial charge in [0.1, 0.15) is 5.78 Å². The Hall–Kier alpha value is -2.60. The van der Waals surface area contributed by atoms with Crippen LogP contribution in [0.5, 0.6) is 0 Å². The minimum Gasteiger partial charge on any atom is -0.381 e. The summed E-state index contributed by atoms with van der Waals surface area (Å²) in [5.74, 6) is -0.0760. The number of Topliss-reactive ketones (excluding diaryl/α,β-unsaturated/α-hetero) is 1. The summed E-state index contributed by atoms with van der Waals surface area (Å²) in [5, 5.41) is 10.2. The van der Waals surface area contributed by atoms with Gasteiger partial charge in [-0.1, -0.05) is 15.3 Å². The van der Waals surface area contributed by atoms with E-state index in [0.29, 0.717) is 13.2 Å². The molecule has 0 rings (SSSR count). The van der Waals surface area contributed by atoms with Crippen molar-refractivity contribution < 1.29 is 23.7 Å². The maximum absolute atomic E-state index is 12.5. The molecule has 0 aromatic carbocycles. The van der Waals surface area contributed by atoms with Gasteiger partial charge in [0.05, 0.1) is 52.9 Å². The lowest BCUT2D eigenvalue weighted by Gasteiger charge is -2.32. The summed E-state index contributed by atoms with van der Waals surface area (Å²) in [7, 11) is 0. The molecule has 0 saturated heterocycles. The maximum atomic E-state index is 12.5. The summed E-state index contributed by atoms with van der Waals surface area (Å²) in [6.45, 7) is 2.21. The van der Waals surface area contributed by atoms with Crippen molar-refractivity contribution in [3.8, 4) is 0 Å². The second-order valence-electron chi connectivity index (χ2n) is 6.39. The number of carbonyl (C=O) groups is 1. The van der Waals surface area contributed by atoms with Gasteiger partial charge in [0.15, 0.2) is 0 Å². The van der Waals surface area contributed by atoms with Gasteiger partial charge in [-0.05, 0) is 16.6 Å². The highest BCUT2D eigenvalue weighted by Crippen LogP contribution is 2.26. The fraction of sp³-hybridized carbons (Fsp3) is 0.938. The van der Waals surface area contributed by atoms with Crippen LogP contribution in [0.1, 0.15) is 12.8 Å². The van der Waals surface area contributed by atoms with Gasteiger partial charge in [-0.25, -0.2) is 0 Å². The van der Waals surface area contributed by atoms with Crippen LogP contribution in [0, 0.1) is 5.41 Å². The molecule has 0 bridgehead atoms. The minimum atomic E-state index is -0.839. The third-order valence-corrected chi connectivity index (χ3v) is 3.78. The molecule has 174 valence electrons. The van der Waals surface area contributed by atoms with Gasteiger partial charge in [0.2, 0.25) is 0 Å². The highest BCUT2D eigenvalue weighted by Gasteiger charge is 2.34. The summed E-state index contributed by atoms with van der Waals surface area (Å²) in [5.41, 5.74) is 29.6. The molecule has 0 spiro atoms. The summed E-state index contributed by atoms with van der Waals surface area (Å²) >= 11 is 0. The molecule has 0 heterocycles. The fourth-order valence-electron chi connectivity index (χ4n) is 2.47. The first kappa shape index (κ1) is 28.4. The lowest BCUT2D eigenvalue weighted by Crippen LogP contribution is -2.40. The largest absolute Gasteiger partial charge is 0.381 e. The highest BCUT2D eigenvalue weighted by molar-refractivity contribution is 5.79. The molecule has 0 aromatic rings. The van der Waals surface area contributed by atoms with Crippen molar-refractivity contribution in [2.45, 2.75) is 12.8 Å². The molecule has 15 heteroatoms. The van der Waals surface area contributed by atoms with E-state index < -0.39 is 5.41 Å². The SMILES string of the molecule is [N-]=[N+]=NCCOCC(COCCN=[N+]=[N-])(COCCN=[N+]=[N-])CC(=O)CCOCCN. The van der Waals surface area contributed by atoms with Crippen molar-refractivity contribution >= 4 is 5.78 Å². The smallest absolute Gasteiger partial charge is 0.136 e. The van der Waals surface area contributed by atoms with E-state index in [1.54, 1.807) is 0 Å². The Balaban J connectivity index is 5.10. The second-order valence-corrected chi connectivity index (χ2v) is 6.39. The van der Waals surface area contributed by atoms with E-state index in [-0.39, 0.29) is 84.5 Å². The molecule has 31 heavy (non-hydrogen) atoms. The van der Waals surface area contributed by atoms with Crippen LogP contribution in [-0.4, -0.2) is 84.8 Å². The summed E-state index contributed by atoms with van der Waals surface area (Å²) in [6, 6.07) is 0. The van der Waals surface area contributed by atoms with E-state index in [2.05, 4.69) is 30.1 Å². The molecule has 0 atom stereocenters. The van der Waals surface area contributed by atoms with E-state index >= 15 is 0 Å². The molecule has 0 aliphatic heterocycles. The van der Waals surface area contributed by atoms with Crippen molar-refractivity contribution in [3.63, 3.8) is 0 Å². The normalized spacial score (nSPS) is 12.2. The molecular formula is C16H30N10O5. The zero-order valence-electron chi connectivity index (χ0n) is 17.5. The van der Waals surface area contributed by atoms with Crippen LogP contribution < -0.4 is 5.73 Å². The molecular weight excluding hydrogens is 412 g/mol. The molecule has 0 radical (unpaired) electrons. The monoisotopic (exact) mass is 442 g/mol. The van der Waals surface area contributed by atoms with E-state index in [1.807, 2.05) is 0 Å². The zero-order valence-corrected chi connectivity index (χ0v) is 17.5. The van der Waals surface area contributed by atoms with Crippen molar-refractivity contribution in [1.82, 2.24) is 0 Å². The molecule has 0 aromatic heterocycles. The van der Waals surface area contributed by atoms with Gasteiger partial charge in [0.25, 0.3) is 0 Å². The van der Waals surface area contributed by atoms with Crippen LogP contribution in [0.25, 0.3) is 31.3 Å². The topological polar surface area (TPSA) is 226 Å². The van der Waals surface area contributed by atoms with E-state index in [4.69, 9.17) is 41.3 Å². The van der Waals surface area contributed by atoms with Crippen LogP contribution in [0.3, 0.4) is 0 Å². The molecule has 2 N–H and O–H groups in total. The zero-order chi connectivity index (χ0) is 23.0. The maximum Gasteiger partial charge on any atom is 0.136 e. The van der Waals surface area contributed by atoms with Gasteiger partial charge in [-0.15, -0.1) is 0 Å². The quantitative estimate of drug-likeness (QED) is 0.114. The molecule has 0 aliphatic rings. The number of azide groups is 3. The molecule has 0 amide bonds. The molecule has 0 saturated carbocycles. The van der Waals surface area contributed by atoms with Crippen molar-refractivity contribution in [2.24, 2.45) is 26.5 Å². The number of carbonyl (C=O) groups excluding carboxylic acids is 1. The lowest BCUT2D eigenvalue weighted by molar-refractivity contribution is -0.129. The van der Waals surface area contributed by atoms with Gasteiger partial charge in [-0.3, -0.25) is 4.79 Å². The standard InChI is InChI=1S/C16H30N10O5/c17-2-7-28-6-1-15(27)11-16(12-29-8-3-21-24-18,13-30-9-4-22-25-19)14-31-10-5-23-26-20/h1-14,17H2. The minimum absolute atomic E-state index is 0.0760. The van der Waals surface area contributed by atoms with E-state index in [9.17, 15) is 4.79 Å². The van der Waals surface area contributed by atoms with Crippen molar-refractivity contribution in [1.29, 1.82) is 0 Å². The Labute approximate surface area is 180 Å². The summed E-state index contributed by atoms with van der Waals surface area (Å²) in [6.07, 6.45) is 0.279. The Kier molecular flexibility index (Phi) is 18.9. The van der Waals surface area contributed by atoms with Crippen LogP contribution >= 0.6 is 0 Å². The predicted octanol–water partition coefficient (Wildman–Crippen LogP) is 2.28. The average Bonchev–Trinajstić information content (AvgIpc) is 2.76. The molecule has 15 nitrogen and oxygen atoms in total. The third-order valence-electron chi connectivity index (χ3n) is 3.78. The number of nitrogens with zero attached hydrogens (tertiary/aromatic N) is 9. The van der Waals surface area contributed by atoms with Crippen LogP contribution in [0.15, 0.2) is 15.3 Å². The Bertz CT molecular complexity index is 566. The number of ether oxygens (including phenoxy) is 4. The Morgan fingerprint density at radius 1 is 0.742 bits per heavy atom. The van der Waals surface area contributed by atoms with Crippen LogP contribution in [0.2, 0.25) is 0 Å². The van der Waals surface area contributed by atoms with Gasteiger partial charge in [-0.2, -0.15) is 0 Å². The molecule has 0 unspecified atom stereocenters. The Morgan fingerprint density at radius 3 is 1.58 bits per heavy atom. The van der Waals surface area contributed by atoms with E-state index in [1.165, 1.54) is 0 Å². The van der Waals surface area contributed by atoms with Crippen LogP contribution in [-0.2, 0) is 23.7 Å². The summed E-state index contributed by atoms with van der Waals surface area (Å²) < 4.78 is 22.1. The highest BCUT2D eigenvalue weighted by atomic mass is 16.5. The number of hydrogen-bond acceptors (Lipinski definition) is 9.